The van der Waals surface area contributed by atoms with Crippen LogP contribution in [0.1, 0.15) is 18.4 Å². The number of benzene rings is 2. The number of alkyl halides is 1. The minimum absolute atomic E-state index is 0.0672. The van der Waals surface area contributed by atoms with Crippen LogP contribution in [-0.2, 0) is 14.8 Å². The predicted molar refractivity (Wildman–Crippen MR) is 94.7 cm³/mol. The van der Waals surface area contributed by atoms with Gasteiger partial charge in [0.1, 0.15) is 5.75 Å². The van der Waals surface area contributed by atoms with Crippen LogP contribution in [0.5, 0.6) is 5.75 Å². The van der Waals surface area contributed by atoms with Gasteiger partial charge in [-0.15, -0.1) is 0 Å². The van der Waals surface area contributed by atoms with Gasteiger partial charge < -0.3 is 9.84 Å². The van der Waals surface area contributed by atoms with Gasteiger partial charge in [0.05, 0.1) is 4.90 Å². The Kier molecular flexibility index (Phi) is 6.57. The summed E-state index contributed by atoms with van der Waals surface area (Å²) in [5.74, 6) is -1.82. The molecule has 2 N–H and O–H groups in total. The fourth-order valence-corrected chi connectivity index (χ4v) is 3.35. The molecule has 140 valence electrons. The first kappa shape index (κ1) is 20.2. The average Bonchev–Trinajstić information content (AvgIpc) is 2.60. The van der Waals surface area contributed by atoms with Crippen LogP contribution in [0.4, 0.5) is 4.39 Å². The van der Waals surface area contributed by atoms with Crippen LogP contribution >= 0.6 is 11.6 Å². The molecule has 0 radical (unpaired) electrons. The fraction of sp³-hybridized carbons (Fsp3) is 0.235. The number of carboxylic acids is 1. The summed E-state index contributed by atoms with van der Waals surface area (Å²) < 4.78 is 44.6. The van der Waals surface area contributed by atoms with E-state index < -0.39 is 22.4 Å². The third kappa shape index (κ3) is 5.42. The highest BCUT2D eigenvalue weighted by Gasteiger charge is 2.18. The van der Waals surface area contributed by atoms with Crippen molar-refractivity contribution in [2.45, 2.75) is 24.1 Å². The van der Waals surface area contributed by atoms with Gasteiger partial charge in [0, 0.05) is 11.6 Å². The molecular weight excluding hydrogens is 385 g/mol. The van der Waals surface area contributed by atoms with Gasteiger partial charge >= 0.3 is 12.3 Å². The molecule has 9 heteroatoms. The molecule has 0 aliphatic carbocycles. The molecule has 2 rings (SSSR count). The summed E-state index contributed by atoms with van der Waals surface area (Å²) in [4.78, 5) is 10.5. The maximum atomic E-state index is 13.0. The van der Waals surface area contributed by atoms with Gasteiger partial charge in [0.15, 0.2) is 0 Å². The average molecular weight is 402 g/mol. The monoisotopic (exact) mass is 401 g/mol. The Hall–Kier alpha value is -2.16. The fourth-order valence-electron chi connectivity index (χ4n) is 2.09. The summed E-state index contributed by atoms with van der Waals surface area (Å²) in [6.45, 7) is 1.96. The number of hydrogen-bond acceptors (Lipinski definition) is 4. The molecule has 0 aromatic heterocycles. The van der Waals surface area contributed by atoms with Gasteiger partial charge in [-0.1, -0.05) is 30.7 Å². The Morgan fingerprint density at radius 3 is 2.31 bits per heavy atom. The SMILES string of the molecule is CC(CNS(=O)(=O)c1ccc(Cl)cc1)c1ccc(OC(F)C(=O)O)cc1. The van der Waals surface area contributed by atoms with E-state index in [0.29, 0.717) is 5.02 Å². The van der Waals surface area contributed by atoms with E-state index in [1.54, 1.807) is 12.1 Å². The predicted octanol–water partition coefficient (Wildman–Crippen LogP) is 3.18. The van der Waals surface area contributed by atoms with Crippen LogP contribution in [0.25, 0.3) is 0 Å². The minimum Gasteiger partial charge on any atom is -0.476 e. The maximum Gasteiger partial charge on any atom is 0.378 e. The zero-order chi connectivity index (χ0) is 19.3. The largest absolute Gasteiger partial charge is 0.476 e. The van der Waals surface area contributed by atoms with Crippen LogP contribution in [-0.4, -0.2) is 32.4 Å². The van der Waals surface area contributed by atoms with E-state index in [-0.39, 0.29) is 23.1 Å². The Bertz CT molecular complexity index is 856. The van der Waals surface area contributed by atoms with Gasteiger partial charge in [-0.3, -0.25) is 0 Å². The molecular formula is C17H17ClFNO5S. The number of ether oxygens (including phenoxy) is 1. The molecule has 0 saturated carbocycles. The van der Waals surface area contributed by atoms with E-state index in [1.807, 2.05) is 6.92 Å². The van der Waals surface area contributed by atoms with Gasteiger partial charge in [0.2, 0.25) is 10.0 Å². The van der Waals surface area contributed by atoms with Crippen molar-refractivity contribution in [3.05, 3.63) is 59.1 Å². The third-order valence-electron chi connectivity index (χ3n) is 3.59. The molecule has 0 amide bonds. The molecule has 2 unspecified atom stereocenters. The highest BCUT2D eigenvalue weighted by atomic mass is 35.5. The Morgan fingerprint density at radius 2 is 1.77 bits per heavy atom. The first-order valence-electron chi connectivity index (χ1n) is 7.58. The topological polar surface area (TPSA) is 92.7 Å². The summed E-state index contributed by atoms with van der Waals surface area (Å²) in [6, 6.07) is 11.9. The lowest BCUT2D eigenvalue weighted by Crippen LogP contribution is -2.27. The van der Waals surface area contributed by atoms with Gasteiger partial charge in [0.25, 0.3) is 0 Å². The normalized spacial score (nSPS) is 13.8. The van der Waals surface area contributed by atoms with Crippen molar-refractivity contribution < 1.29 is 27.4 Å². The van der Waals surface area contributed by atoms with Crippen molar-refractivity contribution in [3.8, 4) is 5.75 Å². The molecule has 2 aromatic rings. The number of rotatable bonds is 8. The Labute approximate surface area is 155 Å². The smallest absolute Gasteiger partial charge is 0.378 e. The van der Waals surface area contributed by atoms with Crippen molar-refractivity contribution in [2.24, 2.45) is 0 Å². The van der Waals surface area contributed by atoms with E-state index in [9.17, 15) is 17.6 Å². The van der Waals surface area contributed by atoms with E-state index in [2.05, 4.69) is 9.46 Å². The minimum atomic E-state index is -3.66. The van der Waals surface area contributed by atoms with Crippen LogP contribution in [0.2, 0.25) is 5.02 Å². The van der Waals surface area contributed by atoms with Crippen LogP contribution in [0, 0.1) is 0 Å². The standard InChI is InChI=1S/C17H17ClFNO5S/c1-11(10-20-26(23,24)15-8-4-13(18)5-9-15)12-2-6-14(7-3-12)25-16(19)17(21)22/h2-9,11,16,20H,10H2,1H3,(H,21,22). The van der Waals surface area contributed by atoms with Gasteiger partial charge in [-0.25, -0.2) is 17.9 Å². The maximum absolute atomic E-state index is 13.0. The summed E-state index contributed by atoms with van der Waals surface area (Å²) in [5.41, 5.74) is 0.780. The summed E-state index contributed by atoms with van der Waals surface area (Å²) in [7, 11) is -3.66. The van der Waals surface area contributed by atoms with Crippen LogP contribution in [0.15, 0.2) is 53.4 Å². The highest BCUT2D eigenvalue weighted by Crippen LogP contribution is 2.21. The number of halogens is 2. The molecule has 0 aliphatic heterocycles. The van der Waals surface area contributed by atoms with E-state index in [1.165, 1.54) is 36.4 Å². The third-order valence-corrected chi connectivity index (χ3v) is 5.28. The van der Waals surface area contributed by atoms with Gasteiger partial charge in [-0.2, -0.15) is 4.39 Å². The molecule has 6 nitrogen and oxygen atoms in total. The number of aliphatic carboxylic acids is 1. The number of carbonyl (C=O) groups is 1. The molecule has 0 fully saturated rings. The lowest BCUT2D eigenvalue weighted by atomic mass is 10.0. The lowest BCUT2D eigenvalue weighted by Gasteiger charge is -2.14. The van der Waals surface area contributed by atoms with E-state index in [4.69, 9.17) is 16.7 Å². The zero-order valence-electron chi connectivity index (χ0n) is 13.7. The zero-order valence-corrected chi connectivity index (χ0v) is 15.3. The second-order valence-electron chi connectivity index (χ2n) is 5.55. The molecule has 0 aliphatic rings. The van der Waals surface area contributed by atoms with Crippen LogP contribution in [0.3, 0.4) is 0 Å². The Balaban J connectivity index is 1.98. The van der Waals surface area contributed by atoms with E-state index in [0.717, 1.165) is 5.56 Å². The van der Waals surface area contributed by atoms with E-state index >= 15 is 0 Å². The van der Waals surface area contributed by atoms with Crippen molar-refractivity contribution >= 4 is 27.6 Å². The molecule has 0 bridgehead atoms. The summed E-state index contributed by atoms with van der Waals surface area (Å²) in [5, 5.41) is 8.91. The molecule has 0 heterocycles. The van der Waals surface area contributed by atoms with Gasteiger partial charge in [-0.05, 0) is 47.9 Å². The molecule has 0 spiro atoms. The number of nitrogens with one attached hydrogen (secondary N) is 1. The number of carboxylic acid groups (broad SMARTS) is 1. The second-order valence-corrected chi connectivity index (χ2v) is 7.75. The molecule has 2 atom stereocenters. The summed E-state index contributed by atoms with van der Waals surface area (Å²) in [6.07, 6.45) is -2.44. The van der Waals surface area contributed by atoms with Crippen molar-refractivity contribution in [1.82, 2.24) is 4.72 Å². The second kappa shape index (κ2) is 8.48. The molecule has 2 aromatic carbocycles. The first-order valence-corrected chi connectivity index (χ1v) is 9.44. The van der Waals surface area contributed by atoms with Crippen molar-refractivity contribution in [3.63, 3.8) is 0 Å². The molecule has 0 saturated heterocycles. The number of sulfonamides is 1. The summed E-state index contributed by atoms with van der Waals surface area (Å²) >= 11 is 5.75. The number of hydrogen-bond donors (Lipinski definition) is 2. The Morgan fingerprint density at radius 1 is 1.19 bits per heavy atom. The molecule has 26 heavy (non-hydrogen) atoms. The quantitative estimate of drug-likeness (QED) is 0.708. The highest BCUT2D eigenvalue weighted by molar-refractivity contribution is 7.89. The van der Waals surface area contributed by atoms with Crippen molar-refractivity contribution in [2.75, 3.05) is 6.54 Å². The first-order chi connectivity index (χ1) is 12.2. The lowest BCUT2D eigenvalue weighted by molar-refractivity contribution is -0.153. The van der Waals surface area contributed by atoms with Crippen molar-refractivity contribution in [1.29, 1.82) is 0 Å². The van der Waals surface area contributed by atoms with Crippen LogP contribution < -0.4 is 9.46 Å².